The Morgan fingerprint density at radius 1 is 1.08 bits per heavy atom. The average Bonchev–Trinajstić information content (AvgIpc) is 2.20. The molecule has 0 atom stereocenters. The predicted octanol–water partition coefficient (Wildman–Crippen LogP) is 0.227. The maximum Gasteiger partial charge on any atom is 0.344 e. The Bertz CT molecular complexity index is 431. The van der Waals surface area contributed by atoms with Crippen LogP contribution in [-0.2, 0) is 0 Å². The average molecular weight is 174 g/mol. The van der Waals surface area contributed by atoms with Crippen molar-refractivity contribution in [3.8, 4) is 11.1 Å². The molecule has 0 amide bonds. The molecule has 5 heteroatoms. The zero-order valence-corrected chi connectivity index (χ0v) is 6.64. The number of aromatic amines is 1. The third-order valence-electron chi connectivity index (χ3n) is 1.57. The first-order valence-corrected chi connectivity index (χ1v) is 3.66. The van der Waals surface area contributed by atoms with Gasteiger partial charge in [0.1, 0.15) is 6.33 Å². The molecule has 0 spiro atoms. The summed E-state index contributed by atoms with van der Waals surface area (Å²) in [5.41, 5.74) is 1.26. The van der Waals surface area contributed by atoms with Gasteiger partial charge in [0.15, 0.2) is 0 Å². The van der Waals surface area contributed by atoms with Crippen LogP contribution in [0.5, 0.6) is 0 Å². The van der Waals surface area contributed by atoms with E-state index >= 15 is 0 Å². The van der Waals surface area contributed by atoms with Gasteiger partial charge in [0.25, 0.3) is 0 Å². The van der Waals surface area contributed by atoms with E-state index in [0.717, 1.165) is 11.1 Å². The maximum atomic E-state index is 10.7. The van der Waals surface area contributed by atoms with E-state index in [4.69, 9.17) is 0 Å². The van der Waals surface area contributed by atoms with Crippen molar-refractivity contribution in [1.82, 2.24) is 19.9 Å². The lowest BCUT2D eigenvalue weighted by atomic mass is 10.2. The number of hydrogen-bond acceptors (Lipinski definition) is 4. The Morgan fingerprint density at radius 2 is 1.85 bits per heavy atom. The molecule has 0 fully saturated rings. The molecule has 0 radical (unpaired) electrons. The molecule has 0 aromatic carbocycles. The monoisotopic (exact) mass is 174 g/mol. The van der Waals surface area contributed by atoms with Gasteiger partial charge in [-0.2, -0.15) is 0 Å². The van der Waals surface area contributed by atoms with Crippen LogP contribution in [0.4, 0.5) is 0 Å². The normalized spacial score (nSPS) is 9.85. The van der Waals surface area contributed by atoms with Gasteiger partial charge < -0.3 is 4.98 Å². The number of H-pyrrole nitrogens is 1. The van der Waals surface area contributed by atoms with Crippen LogP contribution in [0.1, 0.15) is 0 Å². The lowest BCUT2D eigenvalue weighted by Gasteiger charge is -1.96. The fourth-order valence-electron chi connectivity index (χ4n) is 0.948. The van der Waals surface area contributed by atoms with Gasteiger partial charge in [0, 0.05) is 35.9 Å². The van der Waals surface area contributed by atoms with Gasteiger partial charge in [-0.15, -0.1) is 0 Å². The van der Waals surface area contributed by atoms with Gasteiger partial charge in [0.05, 0.1) is 0 Å². The van der Waals surface area contributed by atoms with Crippen LogP contribution >= 0.6 is 0 Å². The smallest absolute Gasteiger partial charge is 0.312 e. The summed E-state index contributed by atoms with van der Waals surface area (Å²) in [7, 11) is 0. The summed E-state index contributed by atoms with van der Waals surface area (Å²) in [5, 5.41) is 0. The molecule has 0 saturated heterocycles. The molecule has 0 aliphatic heterocycles. The largest absolute Gasteiger partial charge is 0.344 e. The fraction of sp³-hybridized carbons (Fsp3) is 0. The van der Waals surface area contributed by atoms with E-state index in [1.165, 1.54) is 12.5 Å². The molecule has 0 aliphatic carbocycles. The fourth-order valence-corrected chi connectivity index (χ4v) is 0.948. The highest BCUT2D eigenvalue weighted by Gasteiger charge is 1.96. The lowest BCUT2D eigenvalue weighted by molar-refractivity contribution is 1.07. The van der Waals surface area contributed by atoms with Crippen LogP contribution in [0.3, 0.4) is 0 Å². The van der Waals surface area contributed by atoms with Crippen molar-refractivity contribution >= 4 is 0 Å². The minimum atomic E-state index is -0.361. The maximum absolute atomic E-state index is 10.7. The van der Waals surface area contributed by atoms with Crippen LogP contribution in [-0.4, -0.2) is 19.9 Å². The summed E-state index contributed by atoms with van der Waals surface area (Å²) in [6.07, 6.45) is 7.82. The molecule has 2 aromatic heterocycles. The van der Waals surface area contributed by atoms with Gasteiger partial charge in [-0.05, 0) is 0 Å². The van der Waals surface area contributed by atoms with E-state index < -0.39 is 0 Å². The summed E-state index contributed by atoms with van der Waals surface area (Å²) < 4.78 is 0. The first kappa shape index (κ1) is 7.60. The van der Waals surface area contributed by atoms with Gasteiger partial charge in [-0.1, -0.05) is 0 Å². The molecule has 0 aliphatic rings. The zero-order valence-electron chi connectivity index (χ0n) is 6.64. The number of hydrogen-bond donors (Lipinski definition) is 1. The topological polar surface area (TPSA) is 71.5 Å². The van der Waals surface area contributed by atoms with Crippen LogP contribution in [0.2, 0.25) is 0 Å². The summed E-state index contributed by atoms with van der Waals surface area (Å²) in [6.45, 7) is 0. The van der Waals surface area contributed by atoms with Crippen molar-refractivity contribution in [2.45, 2.75) is 0 Å². The first-order chi connectivity index (χ1) is 6.36. The van der Waals surface area contributed by atoms with E-state index in [-0.39, 0.29) is 5.69 Å². The number of rotatable bonds is 1. The highest BCUT2D eigenvalue weighted by atomic mass is 16.1. The van der Waals surface area contributed by atoms with Gasteiger partial charge in [-0.3, -0.25) is 0 Å². The molecule has 2 aromatic rings. The number of aromatic nitrogens is 4. The molecule has 0 bridgehead atoms. The van der Waals surface area contributed by atoms with E-state index in [1.54, 1.807) is 18.6 Å². The molecular formula is C8H6N4O. The third-order valence-corrected chi connectivity index (χ3v) is 1.57. The minimum absolute atomic E-state index is 0.361. The van der Waals surface area contributed by atoms with E-state index in [2.05, 4.69) is 19.9 Å². The highest BCUT2D eigenvalue weighted by Crippen LogP contribution is 2.12. The molecule has 0 saturated carbocycles. The number of nitrogens with zero attached hydrogens (tertiary/aromatic N) is 3. The van der Waals surface area contributed by atoms with Crippen molar-refractivity contribution in [3.05, 3.63) is 41.6 Å². The second-order valence-electron chi connectivity index (χ2n) is 2.43. The standard InChI is InChI=1S/C8H6N4O/c13-8-11-3-7(4-12-8)6-1-9-5-10-2-6/h1-5H,(H,11,12,13). The van der Waals surface area contributed by atoms with E-state index in [9.17, 15) is 4.79 Å². The summed E-state index contributed by atoms with van der Waals surface area (Å²) in [6, 6.07) is 0. The van der Waals surface area contributed by atoms with Gasteiger partial charge >= 0.3 is 5.69 Å². The number of nitrogens with one attached hydrogen (secondary N) is 1. The Kier molecular flexibility index (Phi) is 1.84. The van der Waals surface area contributed by atoms with Crippen molar-refractivity contribution < 1.29 is 0 Å². The summed E-state index contributed by atoms with van der Waals surface area (Å²) in [4.78, 5) is 24.4. The van der Waals surface area contributed by atoms with Gasteiger partial charge in [-0.25, -0.2) is 19.7 Å². The van der Waals surface area contributed by atoms with Crippen LogP contribution in [0.15, 0.2) is 35.9 Å². The van der Waals surface area contributed by atoms with Gasteiger partial charge in [0.2, 0.25) is 0 Å². The first-order valence-electron chi connectivity index (χ1n) is 3.66. The third kappa shape index (κ3) is 1.58. The molecule has 64 valence electrons. The molecule has 0 unspecified atom stereocenters. The quantitative estimate of drug-likeness (QED) is 0.671. The highest BCUT2D eigenvalue weighted by molar-refractivity contribution is 5.58. The van der Waals surface area contributed by atoms with Crippen LogP contribution < -0.4 is 5.69 Å². The molecule has 1 N–H and O–H groups in total. The molecule has 5 nitrogen and oxygen atoms in total. The summed E-state index contributed by atoms with van der Waals surface area (Å²) >= 11 is 0. The lowest BCUT2D eigenvalue weighted by Crippen LogP contribution is -2.07. The molecular weight excluding hydrogens is 168 g/mol. The molecule has 2 heterocycles. The Morgan fingerprint density at radius 3 is 2.46 bits per heavy atom. The second kappa shape index (κ2) is 3.14. The van der Waals surface area contributed by atoms with Crippen molar-refractivity contribution in [2.24, 2.45) is 0 Å². The minimum Gasteiger partial charge on any atom is -0.312 e. The molecule has 2 rings (SSSR count). The van der Waals surface area contributed by atoms with Crippen LogP contribution in [0, 0.1) is 0 Å². The van der Waals surface area contributed by atoms with Crippen molar-refractivity contribution in [2.75, 3.05) is 0 Å². The van der Waals surface area contributed by atoms with E-state index in [1.807, 2.05) is 0 Å². The summed E-state index contributed by atoms with van der Waals surface area (Å²) in [5.74, 6) is 0. The van der Waals surface area contributed by atoms with E-state index in [0.29, 0.717) is 0 Å². The zero-order chi connectivity index (χ0) is 9.10. The Balaban J connectivity index is 2.48. The molecule has 13 heavy (non-hydrogen) atoms. The second-order valence-corrected chi connectivity index (χ2v) is 2.43. The Labute approximate surface area is 73.5 Å². The van der Waals surface area contributed by atoms with Crippen LogP contribution in [0.25, 0.3) is 11.1 Å². The van der Waals surface area contributed by atoms with Crippen molar-refractivity contribution in [1.29, 1.82) is 0 Å². The predicted molar refractivity (Wildman–Crippen MR) is 45.9 cm³/mol. The SMILES string of the molecule is O=c1ncc(-c2cncnc2)c[nH]1. The van der Waals surface area contributed by atoms with Crippen molar-refractivity contribution in [3.63, 3.8) is 0 Å². The Hall–Kier alpha value is -2.04.